The molecule has 1 nitrogen and oxygen atoms in total. The molecule has 24 heavy (non-hydrogen) atoms. The molecular weight excluding hydrogens is 297 g/mol. The third kappa shape index (κ3) is 3.43. The fraction of sp³-hybridized carbons (Fsp3) is 0.545. The molecule has 0 aromatic heterocycles. The van der Waals surface area contributed by atoms with Gasteiger partial charge in [-0.3, -0.25) is 0 Å². The van der Waals surface area contributed by atoms with Gasteiger partial charge in [0.25, 0.3) is 0 Å². The minimum absolute atomic E-state index is 0.0693. The lowest BCUT2D eigenvalue weighted by Gasteiger charge is -2.34. The number of fused-ring (bicyclic) bond motifs is 1. The molecule has 1 aliphatic heterocycles. The van der Waals surface area contributed by atoms with Crippen molar-refractivity contribution in [1.82, 2.24) is 5.32 Å². The molecule has 3 rings (SSSR count). The van der Waals surface area contributed by atoms with Gasteiger partial charge in [-0.1, -0.05) is 30.2 Å². The van der Waals surface area contributed by atoms with Crippen molar-refractivity contribution in [3.8, 4) is 0 Å². The normalized spacial score (nSPS) is 24.7. The number of benzene rings is 1. The van der Waals surface area contributed by atoms with E-state index in [2.05, 4.69) is 32.3 Å². The van der Waals surface area contributed by atoms with Crippen LogP contribution in [0.5, 0.6) is 0 Å². The number of hydrogen-bond donors (Lipinski definition) is 1. The van der Waals surface area contributed by atoms with E-state index in [0.29, 0.717) is 5.92 Å². The summed E-state index contributed by atoms with van der Waals surface area (Å²) in [7, 11) is 0. The van der Waals surface area contributed by atoms with Crippen molar-refractivity contribution in [2.45, 2.75) is 65.8 Å². The zero-order valence-electron chi connectivity index (χ0n) is 15.5. The van der Waals surface area contributed by atoms with Crippen LogP contribution in [0.15, 0.2) is 35.5 Å². The van der Waals surface area contributed by atoms with Crippen molar-refractivity contribution in [1.29, 1.82) is 0 Å². The first kappa shape index (κ1) is 17.3. The van der Waals surface area contributed by atoms with Gasteiger partial charge in [0.2, 0.25) is 0 Å². The molecule has 0 saturated heterocycles. The van der Waals surface area contributed by atoms with Gasteiger partial charge >= 0.3 is 0 Å². The number of hydrogen-bond acceptors (Lipinski definition) is 1. The molecule has 2 aliphatic rings. The Bertz CT molecular complexity index is 657. The maximum atomic E-state index is 14.5. The molecular formula is C22H30FN. The van der Waals surface area contributed by atoms with E-state index >= 15 is 0 Å². The van der Waals surface area contributed by atoms with Crippen molar-refractivity contribution >= 4 is 5.57 Å². The van der Waals surface area contributed by atoms with E-state index in [4.69, 9.17) is 0 Å². The lowest BCUT2D eigenvalue weighted by atomic mass is 9.75. The summed E-state index contributed by atoms with van der Waals surface area (Å²) in [5.74, 6) is 1.30. The average molecular weight is 327 g/mol. The molecule has 1 saturated carbocycles. The lowest BCUT2D eigenvalue weighted by molar-refractivity contribution is 0.256. The second-order valence-corrected chi connectivity index (χ2v) is 7.90. The monoisotopic (exact) mass is 327 g/mol. The van der Waals surface area contributed by atoms with Crippen molar-refractivity contribution in [2.75, 3.05) is 0 Å². The third-order valence-electron chi connectivity index (χ3n) is 6.08. The predicted molar refractivity (Wildman–Crippen MR) is 100 cm³/mol. The SMILES string of the molecule is CC1=CNC(CC(C)C2CCC(=C(C)C)CC2)c2c(F)cccc21. The largest absolute Gasteiger partial charge is 0.384 e. The van der Waals surface area contributed by atoms with Crippen molar-refractivity contribution in [2.24, 2.45) is 11.8 Å². The van der Waals surface area contributed by atoms with E-state index in [9.17, 15) is 4.39 Å². The molecule has 0 amide bonds. The van der Waals surface area contributed by atoms with Crippen molar-refractivity contribution in [3.63, 3.8) is 0 Å². The third-order valence-corrected chi connectivity index (χ3v) is 6.08. The molecule has 1 heterocycles. The Balaban J connectivity index is 1.70. The van der Waals surface area contributed by atoms with E-state index in [-0.39, 0.29) is 11.9 Å². The summed E-state index contributed by atoms with van der Waals surface area (Å²) >= 11 is 0. The minimum Gasteiger partial charge on any atom is -0.384 e. The summed E-state index contributed by atoms with van der Waals surface area (Å²) < 4.78 is 14.5. The van der Waals surface area contributed by atoms with Crippen LogP contribution in [0.25, 0.3) is 5.57 Å². The highest BCUT2D eigenvalue weighted by atomic mass is 19.1. The Morgan fingerprint density at radius 3 is 2.62 bits per heavy atom. The highest BCUT2D eigenvalue weighted by Crippen LogP contribution is 2.40. The van der Waals surface area contributed by atoms with Crippen LogP contribution in [0.3, 0.4) is 0 Å². The maximum Gasteiger partial charge on any atom is 0.129 e. The van der Waals surface area contributed by atoms with Crippen LogP contribution in [0.1, 0.15) is 77.0 Å². The summed E-state index contributed by atoms with van der Waals surface area (Å²) in [4.78, 5) is 0. The number of nitrogens with one attached hydrogen (secondary N) is 1. The molecule has 2 atom stereocenters. The van der Waals surface area contributed by atoms with Crippen LogP contribution in [0.4, 0.5) is 4.39 Å². The Morgan fingerprint density at radius 1 is 1.25 bits per heavy atom. The molecule has 0 bridgehead atoms. The van der Waals surface area contributed by atoms with Gasteiger partial charge in [0.1, 0.15) is 5.82 Å². The Labute approximate surface area is 146 Å². The second kappa shape index (κ2) is 7.13. The maximum absolute atomic E-state index is 14.5. The average Bonchev–Trinajstić information content (AvgIpc) is 2.57. The molecule has 1 aliphatic carbocycles. The molecule has 2 heteroatoms. The topological polar surface area (TPSA) is 12.0 Å². The highest BCUT2D eigenvalue weighted by Gasteiger charge is 2.29. The van der Waals surface area contributed by atoms with Crippen LogP contribution in [-0.4, -0.2) is 0 Å². The van der Waals surface area contributed by atoms with Crippen LogP contribution in [-0.2, 0) is 0 Å². The standard InChI is InChI=1S/C22H30FN/c1-14(2)17-8-10-18(11-9-17)15(3)12-21-22-19(16(4)13-24-21)6-5-7-20(22)23/h5-7,13,15,18,21,24H,8-12H2,1-4H3. The van der Waals surface area contributed by atoms with E-state index in [0.717, 1.165) is 29.0 Å². The summed E-state index contributed by atoms with van der Waals surface area (Å²) in [6, 6.07) is 5.56. The van der Waals surface area contributed by atoms with Gasteiger partial charge in [0.15, 0.2) is 0 Å². The molecule has 1 aromatic carbocycles. The zero-order chi connectivity index (χ0) is 17.3. The van der Waals surface area contributed by atoms with E-state index in [1.807, 2.05) is 19.1 Å². The molecule has 130 valence electrons. The van der Waals surface area contributed by atoms with Crippen LogP contribution < -0.4 is 5.32 Å². The second-order valence-electron chi connectivity index (χ2n) is 7.90. The molecule has 1 N–H and O–H groups in total. The van der Waals surface area contributed by atoms with Gasteiger partial charge in [0, 0.05) is 11.8 Å². The molecule has 0 spiro atoms. The number of allylic oxidation sites excluding steroid dienone is 3. The predicted octanol–water partition coefficient (Wildman–Crippen LogP) is 6.38. The number of rotatable bonds is 3. The fourth-order valence-electron chi connectivity index (χ4n) is 4.43. The first-order valence-corrected chi connectivity index (χ1v) is 9.34. The smallest absolute Gasteiger partial charge is 0.129 e. The summed E-state index contributed by atoms with van der Waals surface area (Å²) in [6.07, 6.45) is 8.13. The zero-order valence-corrected chi connectivity index (χ0v) is 15.5. The van der Waals surface area contributed by atoms with Crippen LogP contribution in [0.2, 0.25) is 0 Å². The fourth-order valence-corrected chi connectivity index (χ4v) is 4.43. The first-order valence-electron chi connectivity index (χ1n) is 9.34. The van der Waals surface area contributed by atoms with Gasteiger partial charge in [-0.05, 0) is 81.9 Å². The number of halogens is 1. The van der Waals surface area contributed by atoms with Crippen molar-refractivity contribution < 1.29 is 4.39 Å². The van der Waals surface area contributed by atoms with Gasteiger partial charge in [-0.2, -0.15) is 0 Å². The van der Waals surface area contributed by atoms with Gasteiger partial charge < -0.3 is 5.32 Å². The lowest BCUT2D eigenvalue weighted by Crippen LogP contribution is -2.27. The summed E-state index contributed by atoms with van der Waals surface area (Å²) in [5.41, 5.74) is 6.22. The van der Waals surface area contributed by atoms with Crippen LogP contribution in [0, 0.1) is 17.7 Å². The van der Waals surface area contributed by atoms with Gasteiger partial charge in [-0.25, -0.2) is 4.39 Å². The highest BCUT2D eigenvalue weighted by molar-refractivity contribution is 5.69. The molecule has 1 aromatic rings. The summed E-state index contributed by atoms with van der Waals surface area (Å²) in [5, 5.41) is 3.45. The minimum atomic E-state index is -0.0693. The van der Waals surface area contributed by atoms with Crippen LogP contribution >= 0.6 is 0 Å². The Morgan fingerprint density at radius 2 is 1.96 bits per heavy atom. The van der Waals surface area contributed by atoms with Gasteiger partial charge in [0.05, 0.1) is 6.04 Å². The molecule has 0 radical (unpaired) electrons. The molecule has 1 fully saturated rings. The first-order chi connectivity index (χ1) is 11.5. The molecule has 2 unspecified atom stereocenters. The summed E-state index contributed by atoms with van der Waals surface area (Å²) in [6.45, 7) is 8.87. The van der Waals surface area contributed by atoms with E-state index in [1.54, 1.807) is 11.6 Å². The van der Waals surface area contributed by atoms with Gasteiger partial charge in [-0.15, -0.1) is 0 Å². The Kier molecular flexibility index (Phi) is 5.12. The van der Waals surface area contributed by atoms with E-state index in [1.165, 1.54) is 31.3 Å². The quantitative estimate of drug-likeness (QED) is 0.635. The van der Waals surface area contributed by atoms with Crippen molar-refractivity contribution in [3.05, 3.63) is 52.5 Å². The van der Waals surface area contributed by atoms with E-state index < -0.39 is 0 Å². The Hall–Kier alpha value is -1.57.